The van der Waals surface area contributed by atoms with Gasteiger partial charge in [-0.05, 0) is 36.8 Å². The summed E-state index contributed by atoms with van der Waals surface area (Å²) in [4.78, 5) is 10.6. The third-order valence-corrected chi connectivity index (χ3v) is 2.93. The van der Waals surface area contributed by atoms with Crippen LogP contribution in [-0.2, 0) is 4.79 Å². The Morgan fingerprint density at radius 3 is 2.65 bits per heavy atom. The molecule has 0 atom stereocenters. The number of aliphatic carboxylic acids is 1. The average Bonchev–Trinajstić information content (AvgIpc) is 2.40. The van der Waals surface area contributed by atoms with Crippen LogP contribution in [0.3, 0.4) is 0 Å². The highest BCUT2D eigenvalue weighted by Crippen LogP contribution is 2.30. The van der Waals surface area contributed by atoms with Crippen LogP contribution >= 0.6 is 11.6 Å². The van der Waals surface area contributed by atoms with Crippen molar-refractivity contribution in [2.24, 2.45) is 0 Å². The van der Waals surface area contributed by atoms with Crippen molar-refractivity contribution in [1.82, 2.24) is 0 Å². The van der Waals surface area contributed by atoms with Crippen molar-refractivity contribution in [3.63, 3.8) is 0 Å². The van der Waals surface area contributed by atoms with E-state index in [0.29, 0.717) is 22.1 Å². The third kappa shape index (κ3) is 3.62. The van der Waals surface area contributed by atoms with Gasteiger partial charge in [-0.2, -0.15) is 0 Å². The van der Waals surface area contributed by atoms with Crippen molar-refractivity contribution in [3.05, 3.63) is 64.7 Å². The van der Waals surface area contributed by atoms with E-state index in [2.05, 4.69) is 0 Å². The molecule has 0 saturated heterocycles. The summed E-state index contributed by atoms with van der Waals surface area (Å²) in [6, 6.07) is 12.7. The fourth-order valence-electron chi connectivity index (χ4n) is 1.68. The van der Waals surface area contributed by atoms with Gasteiger partial charge in [0.2, 0.25) is 0 Å². The van der Waals surface area contributed by atoms with Gasteiger partial charge < -0.3 is 9.84 Å². The third-order valence-electron chi connectivity index (χ3n) is 2.69. The van der Waals surface area contributed by atoms with Gasteiger partial charge in [0.15, 0.2) is 0 Å². The lowest BCUT2D eigenvalue weighted by atomic mass is 10.1. The minimum atomic E-state index is -1.01. The second-order valence-electron chi connectivity index (χ2n) is 4.22. The zero-order valence-corrected chi connectivity index (χ0v) is 11.6. The van der Waals surface area contributed by atoms with Gasteiger partial charge in [0.1, 0.15) is 11.5 Å². The highest BCUT2D eigenvalue weighted by Gasteiger charge is 2.06. The van der Waals surface area contributed by atoms with Gasteiger partial charge in [0.05, 0.1) is 0 Å². The number of carboxylic acid groups (broad SMARTS) is 1. The van der Waals surface area contributed by atoms with Gasteiger partial charge in [0, 0.05) is 22.7 Å². The van der Waals surface area contributed by atoms with Crippen LogP contribution in [0, 0.1) is 6.92 Å². The van der Waals surface area contributed by atoms with Crippen molar-refractivity contribution in [2.75, 3.05) is 0 Å². The minimum Gasteiger partial charge on any atom is -0.478 e. The normalized spacial score (nSPS) is 10.7. The summed E-state index contributed by atoms with van der Waals surface area (Å²) < 4.78 is 5.82. The Balaban J connectivity index is 2.37. The van der Waals surface area contributed by atoms with E-state index in [4.69, 9.17) is 21.4 Å². The molecule has 0 aliphatic rings. The molecule has 0 aliphatic heterocycles. The maximum Gasteiger partial charge on any atom is 0.328 e. The van der Waals surface area contributed by atoms with Crippen LogP contribution in [0.4, 0.5) is 0 Å². The van der Waals surface area contributed by atoms with E-state index in [9.17, 15) is 4.79 Å². The molecule has 20 heavy (non-hydrogen) atoms. The molecule has 1 N–H and O–H groups in total. The fraction of sp³-hybridized carbons (Fsp3) is 0.0625. The van der Waals surface area contributed by atoms with Crippen molar-refractivity contribution in [2.45, 2.75) is 6.92 Å². The number of rotatable bonds is 4. The first kappa shape index (κ1) is 14.2. The Morgan fingerprint density at radius 1 is 1.20 bits per heavy atom. The second kappa shape index (κ2) is 6.26. The first-order valence-electron chi connectivity index (χ1n) is 6.00. The van der Waals surface area contributed by atoms with Crippen molar-refractivity contribution in [3.8, 4) is 11.5 Å². The number of para-hydroxylation sites is 1. The molecule has 0 spiro atoms. The minimum absolute atomic E-state index is 0.518. The predicted octanol–water partition coefficient (Wildman–Crippen LogP) is 4.54. The SMILES string of the molecule is Cc1ccccc1Oc1cc(Cl)ccc1/C=C/C(=O)O. The molecular formula is C16H13ClO3. The lowest BCUT2D eigenvalue weighted by Gasteiger charge is -2.11. The molecule has 0 radical (unpaired) electrons. The van der Waals surface area contributed by atoms with Crippen molar-refractivity contribution < 1.29 is 14.6 Å². The lowest BCUT2D eigenvalue weighted by Crippen LogP contribution is -1.91. The zero-order valence-electron chi connectivity index (χ0n) is 10.8. The number of carboxylic acids is 1. The van der Waals surface area contributed by atoms with E-state index in [-0.39, 0.29) is 0 Å². The maximum absolute atomic E-state index is 10.6. The summed E-state index contributed by atoms with van der Waals surface area (Å²) in [5, 5.41) is 9.23. The summed E-state index contributed by atoms with van der Waals surface area (Å²) in [6.07, 6.45) is 2.54. The van der Waals surface area contributed by atoms with E-state index in [1.165, 1.54) is 6.08 Å². The number of halogens is 1. The molecule has 0 heterocycles. The highest BCUT2D eigenvalue weighted by molar-refractivity contribution is 6.30. The van der Waals surface area contributed by atoms with Gasteiger partial charge in [-0.1, -0.05) is 29.8 Å². The molecule has 0 saturated carbocycles. The Hall–Kier alpha value is -2.26. The summed E-state index contributed by atoms with van der Waals surface area (Å²) in [7, 11) is 0. The van der Waals surface area contributed by atoms with Crippen LogP contribution in [-0.4, -0.2) is 11.1 Å². The fourth-order valence-corrected chi connectivity index (χ4v) is 1.85. The second-order valence-corrected chi connectivity index (χ2v) is 4.66. The van der Waals surface area contributed by atoms with Crippen LogP contribution in [0.5, 0.6) is 11.5 Å². The standard InChI is InChI=1S/C16H13ClO3/c1-11-4-2-3-5-14(11)20-15-10-13(17)8-6-12(15)7-9-16(18)19/h2-10H,1H3,(H,18,19)/b9-7+. The zero-order chi connectivity index (χ0) is 14.5. The molecule has 2 aromatic carbocycles. The Kier molecular flexibility index (Phi) is 4.43. The number of carbonyl (C=O) groups is 1. The molecular weight excluding hydrogens is 276 g/mol. The van der Waals surface area contributed by atoms with Gasteiger partial charge in [-0.25, -0.2) is 4.79 Å². The Morgan fingerprint density at radius 2 is 1.95 bits per heavy atom. The van der Waals surface area contributed by atoms with Gasteiger partial charge in [-0.3, -0.25) is 0 Å². The number of aryl methyl sites for hydroxylation is 1. The average molecular weight is 289 g/mol. The molecule has 0 unspecified atom stereocenters. The monoisotopic (exact) mass is 288 g/mol. The molecule has 4 heteroatoms. The van der Waals surface area contributed by atoms with Crippen LogP contribution in [0.2, 0.25) is 5.02 Å². The summed E-state index contributed by atoms with van der Waals surface area (Å²) in [5.74, 6) is 0.214. The molecule has 2 aromatic rings. The first-order valence-corrected chi connectivity index (χ1v) is 6.38. The number of hydrogen-bond donors (Lipinski definition) is 1. The van der Waals surface area contributed by atoms with Crippen molar-refractivity contribution in [1.29, 1.82) is 0 Å². The molecule has 0 amide bonds. The number of benzene rings is 2. The van der Waals surface area contributed by atoms with E-state index < -0.39 is 5.97 Å². The largest absolute Gasteiger partial charge is 0.478 e. The Labute approximate surface area is 122 Å². The molecule has 0 aliphatic carbocycles. The van der Waals surface area contributed by atoms with Gasteiger partial charge in [-0.15, -0.1) is 0 Å². The summed E-state index contributed by atoms with van der Waals surface area (Å²) >= 11 is 5.97. The van der Waals surface area contributed by atoms with Gasteiger partial charge in [0.25, 0.3) is 0 Å². The first-order chi connectivity index (χ1) is 9.56. The molecule has 102 valence electrons. The topological polar surface area (TPSA) is 46.5 Å². The molecule has 0 bridgehead atoms. The van der Waals surface area contributed by atoms with Crippen LogP contribution in [0.1, 0.15) is 11.1 Å². The van der Waals surface area contributed by atoms with Crippen molar-refractivity contribution >= 4 is 23.6 Å². The number of hydrogen-bond acceptors (Lipinski definition) is 2. The molecule has 3 nitrogen and oxygen atoms in total. The van der Waals surface area contributed by atoms with Crippen LogP contribution in [0.25, 0.3) is 6.08 Å². The summed E-state index contributed by atoms with van der Waals surface area (Å²) in [5.41, 5.74) is 1.64. The van der Waals surface area contributed by atoms with Gasteiger partial charge >= 0.3 is 5.97 Å². The predicted molar refractivity (Wildman–Crippen MR) is 79.4 cm³/mol. The van der Waals surface area contributed by atoms with E-state index in [0.717, 1.165) is 11.6 Å². The number of ether oxygens (including phenoxy) is 1. The highest BCUT2D eigenvalue weighted by atomic mass is 35.5. The quantitative estimate of drug-likeness (QED) is 0.840. The smallest absolute Gasteiger partial charge is 0.328 e. The molecule has 0 aromatic heterocycles. The Bertz CT molecular complexity index is 663. The van der Waals surface area contributed by atoms with Crippen LogP contribution < -0.4 is 4.74 Å². The van der Waals surface area contributed by atoms with E-state index in [1.54, 1.807) is 18.2 Å². The summed E-state index contributed by atoms with van der Waals surface area (Å²) in [6.45, 7) is 1.94. The van der Waals surface area contributed by atoms with E-state index in [1.807, 2.05) is 31.2 Å². The maximum atomic E-state index is 10.6. The van der Waals surface area contributed by atoms with Crippen LogP contribution in [0.15, 0.2) is 48.5 Å². The lowest BCUT2D eigenvalue weighted by molar-refractivity contribution is -0.131. The van der Waals surface area contributed by atoms with E-state index >= 15 is 0 Å². The molecule has 0 fully saturated rings. The molecule has 2 rings (SSSR count).